The molecule has 2 aliphatic rings. The predicted octanol–water partition coefficient (Wildman–Crippen LogP) is 6.62. The first-order valence-electron chi connectivity index (χ1n) is 11.1. The van der Waals surface area contributed by atoms with E-state index in [9.17, 15) is 17.6 Å². The second-order valence-electron chi connectivity index (χ2n) is 8.42. The second-order valence-corrected chi connectivity index (χ2v) is 8.86. The summed E-state index contributed by atoms with van der Waals surface area (Å²) in [5, 5.41) is 3.47. The largest absolute Gasteiger partial charge is 0.416 e. The van der Waals surface area contributed by atoms with Crippen molar-refractivity contribution in [3.8, 4) is 0 Å². The number of rotatable bonds is 5. The second kappa shape index (κ2) is 9.35. The number of fused-ring (bicyclic) bond motifs is 1. The van der Waals surface area contributed by atoms with Crippen molar-refractivity contribution in [2.75, 3.05) is 0 Å². The molecule has 0 radical (unpaired) electrons. The van der Waals surface area contributed by atoms with Gasteiger partial charge in [0, 0.05) is 12.6 Å². The smallest absolute Gasteiger partial charge is 0.323 e. The highest BCUT2D eigenvalue weighted by atomic mass is 35.5. The van der Waals surface area contributed by atoms with Gasteiger partial charge in [-0.1, -0.05) is 54.1 Å². The summed E-state index contributed by atoms with van der Waals surface area (Å²) in [7, 11) is 0. The summed E-state index contributed by atoms with van der Waals surface area (Å²) in [6.07, 6.45) is 3.15. The molecule has 36 heavy (non-hydrogen) atoms. The number of allylic oxidation sites excluding steroid dienone is 3. The molecule has 0 amide bonds. The van der Waals surface area contributed by atoms with Crippen LogP contribution in [0.25, 0.3) is 0 Å². The SMILES string of the molecule is Fc1cc(C(F)(F)F)cc(C(Cc2ccccc2)(N=C2N=C3C=CCC=C3N2)c2ccc(Cl)cn2)c1. The van der Waals surface area contributed by atoms with Crippen LogP contribution in [0.15, 0.2) is 101 Å². The maximum atomic E-state index is 14.7. The van der Waals surface area contributed by atoms with Crippen LogP contribution in [0.1, 0.15) is 28.8 Å². The average Bonchev–Trinajstić information content (AvgIpc) is 3.26. The minimum Gasteiger partial charge on any atom is -0.323 e. The van der Waals surface area contributed by atoms with Crippen molar-refractivity contribution in [2.24, 2.45) is 9.98 Å². The summed E-state index contributed by atoms with van der Waals surface area (Å²) in [6, 6.07) is 14.7. The Morgan fingerprint density at radius 1 is 1.00 bits per heavy atom. The van der Waals surface area contributed by atoms with Crippen LogP contribution in [0, 0.1) is 5.82 Å². The Bertz CT molecular complexity index is 1410. The Morgan fingerprint density at radius 2 is 1.78 bits per heavy atom. The van der Waals surface area contributed by atoms with E-state index in [4.69, 9.17) is 16.6 Å². The quantitative estimate of drug-likeness (QED) is 0.392. The molecule has 1 unspecified atom stereocenters. The molecule has 1 atom stereocenters. The lowest BCUT2D eigenvalue weighted by Gasteiger charge is -2.31. The minimum absolute atomic E-state index is 0.0117. The Labute approximate surface area is 209 Å². The number of benzene rings is 2. The van der Waals surface area contributed by atoms with Gasteiger partial charge in [0.25, 0.3) is 0 Å². The fourth-order valence-corrected chi connectivity index (χ4v) is 4.39. The lowest BCUT2D eigenvalue weighted by Crippen LogP contribution is -2.33. The van der Waals surface area contributed by atoms with Gasteiger partial charge in [-0.25, -0.2) is 14.4 Å². The molecule has 1 aromatic heterocycles. The average molecular weight is 511 g/mol. The Hall–Kier alpha value is -3.78. The molecule has 1 N–H and O–H groups in total. The maximum absolute atomic E-state index is 14.7. The number of guanidine groups is 1. The number of pyridine rings is 1. The van der Waals surface area contributed by atoms with Crippen LogP contribution in [-0.4, -0.2) is 16.7 Å². The molecule has 0 spiro atoms. The fourth-order valence-electron chi connectivity index (χ4n) is 4.27. The Kier molecular flexibility index (Phi) is 6.22. The van der Waals surface area contributed by atoms with Gasteiger partial charge in [-0.05, 0) is 54.0 Å². The zero-order chi connectivity index (χ0) is 25.3. The standard InChI is InChI=1S/C27H19ClF4N4/c28-20-10-11-24(33-16-20)26(15-17-6-2-1-3-7-17,18-12-19(27(30,31)32)14-21(29)13-18)36-25-34-22-8-4-5-9-23(22)35-25/h1-4,6-14,16H,5,15H2,(H,35,36). The molecule has 3 aromatic rings. The summed E-state index contributed by atoms with van der Waals surface area (Å²) in [5.74, 6) is -0.843. The topological polar surface area (TPSA) is 49.6 Å². The van der Waals surface area contributed by atoms with E-state index in [1.54, 1.807) is 12.1 Å². The normalized spacial score (nSPS) is 17.8. The molecule has 4 nitrogen and oxygen atoms in total. The van der Waals surface area contributed by atoms with E-state index in [0.29, 0.717) is 28.9 Å². The summed E-state index contributed by atoms with van der Waals surface area (Å²) < 4.78 is 55.9. The van der Waals surface area contributed by atoms with Crippen LogP contribution in [0.5, 0.6) is 0 Å². The van der Waals surface area contributed by atoms with E-state index in [2.05, 4.69) is 15.3 Å². The van der Waals surface area contributed by atoms with Gasteiger partial charge in [0.05, 0.1) is 27.7 Å². The van der Waals surface area contributed by atoms with Gasteiger partial charge in [0.2, 0.25) is 5.96 Å². The highest BCUT2D eigenvalue weighted by Crippen LogP contribution is 2.40. The van der Waals surface area contributed by atoms with Crippen molar-refractivity contribution in [3.63, 3.8) is 0 Å². The third-order valence-electron chi connectivity index (χ3n) is 5.94. The monoisotopic (exact) mass is 510 g/mol. The Balaban J connectivity index is 1.79. The zero-order valence-electron chi connectivity index (χ0n) is 18.7. The van der Waals surface area contributed by atoms with Gasteiger partial charge in [-0.3, -0.25) is 4.98 Å². The van der Waals surface area contributed by atoms with E-state index in [-0.39, 0.29) is 17.9 Å². The Morgan fingerprint density at radius 3 is 2.47 bits per heavy atom. The fraction of sp³-hybridized carbons (Fsp3) is 0.148. The lowest BCUT2D eigenvalue weighted by molar-refractivity contribution is -0.137. The number of aliphatic imine (C=N–C) groups is 2. The molecule has 0 saturated heterocycles. The summed E-state index contributed by atoms with van der Waals surface area (Å²) in [4.78, 5) is 13.8. The van der Waals surface area contributed by atoms with E-state index in [0.717, 1.165) is 23.4 Å². The van der Waals surface area contributed by atoms with Gasteiger partial charge in [0.15, 0.2) is 0 Å². The maximum Gasteiger partial charge on any atom is 0.416 e. The number of nitrogens with zero attached hydrogens (tertiary/aromatic N) is 3. The number of aromatic nitrogens is 1. The van der Waals surface area contributed by atoms with Crippen LogP contribution in [0.4, 0.5) is 17.6 Å². The summed E-state index contributed by atoms with van der Waals surface area (Å²) in [5.41, 5.74) is -0.214. The first-order chi connectivity index (χ1) is 17.2. The van der Waals surface area contributed by atoms with E-state index in [1.165, 1.54) is 6.20 Å². The highest BCUT2D eigenvalue weighted by Gasteiger charge is 2.40. The summed E-state index contributed by atoms with van der Waals surface area (Å²) >= 11 is 6.07. The molecule has 5 rings (SSSR count). The molecule has 0 bridgehead atoms. The number of hydrogen-bond acceptors (Lipinski definition) is 2. The van der Waals surface area contributed by atoms with Crippen molar-refractivity contribution < 1.29 is 17.6 Å². The lowest BCUT2D eigenvalue weighted by atomic mass is 9.80. The number of halogens is 5. The molecule has 2 aromatic carbocycles. The summed E-state index contributed by atoms with van der Waals surface area (Å²) in [6.45, 7) is 0. The van der Waals surface area contributed by atoms with Crippen molar-refractivity contribution in [1.82, 2.24) is 10.3 Å². The first kappa shape index (κ1) is 23.9. The third kappa shape index (κ3) is 4.81. The molecular weight excluding hydrogens is 492 g/mol. The minimum atomic E-state index is -4.76. The van der Waals surface area contributed by atoms with Crippen LogP contribution < -0.4 is 5.32 Å². The van der Waals surface area contributed by atoms with Crippen LogP contribution in [0.2, 0.25) is 5.02 Å². The molecule has 9 heteroatoms. The number of alkyl halides is 3. The van der Waals surface area contributed by atoms with Gasteiger partial charge < -0.3 is 5.32 Å². The van der Waals surface area contributed by atoms with Crippen molar-refractivity contribution in [1.29, 1.82) is 0 Å². The van der Waals surface area contributed by atoms with Gasteiger partial charge in [0.1, 0.15) is 11.4 Å². The van der Waals surface area contributed by atoms with Gasteiger partial charge >= 0.3 is 6.18 Å². The molecule has 2 heterocycles. The molecule has 1 aliphatic heterocycles. The molecule has 0 saturated carbocycles. The van der Waals surface area contributed by atoms with Gasteiger partial charge in [-0.15, -0.1) is 0 Å². The molecule has 182 valence electrons. The van der Waals surface area contributed by atoms with Crippen molar-refractivity contribution in [3.05, 3.63) is 124 Å². The predicted molar refractivity (Wildman–Crippen MR) is 131 cm³/mol. The van der Waals surface area contributed by atoms with Crippen molar-refractivity contribution in [2.45, 2.75) is 24.6 Å². The van der Waals surface area contributed by atoms with E-state index < -0.39 is 23.1 Å². The van der Waals surface area contributed by atoms with Gasteiger partial charge in [-0.2, -0.15) is 13.2 Å². The number of hydrogen-bond donors (Lipinski definition) is 1. The van der Waals surface area contributed by atoms with Crippen LogP contribution in [-0.2, 0) is 18.1 Å². The number of nitrogens with one attached hydrogen (secondary N) is 1. The van der Waals surface area contributed by atoms with Crippen LogP contribution >= 0.6 is 11.6 Å². The van der Waals surface area contributed by atoms with E-state index >= 15 is 0 Å². The van der Waals surface area contributed by atoms with E-state index in [1.807, 2.05) is 48.6 Å². The molecule has 1 aliphatic carbocycles. The first-order valence-corrected chi connectivity index (χ1v) is 11.5. The van der Waals surface area contributed by atoms with Crippen LogP contribution in [0.3, 0.4) is 0 Å². The zero-order valence-corrected chi connectivity index (χ0v) is 19.5. The third-order valence-corrected chi connectivity index (χ3v) is 6.16. The highest BCUT2D eigenvalue weighted by molar-refractivity contribution is 6.30. The molecule has 0 fully saturated rings. The molecular formula is C27H19ClF4N4. The van der Waals surface area contributed by atoms with Crippen molar-refractivity contribution >= 4 is 23.3 Å².